The number of hydrazine groups is 1. The van der Waals surface area contributed by atoms with E-state index in [4.69, 9.17) is 16.1 Å². The number of carbonyl (C=O) groups is 2. The van der Waals surface area contributed by atoms with E-state index < -0.39 is 11.9 Å². The van der Waals surface area contributed by atoms with Gasteiger partial charge >= 0.3 is 11.9 Å². The maximum Gasteiger partial charge on any atom is 0.328 e. The van der Waals surface area contributed by atoms with Crippen LogP contribution in [0.1, 0.15) is 0 Å². The van der Waals surface area contributed by atoms with Crippen LogP contribution in [0, 0.1) is 0 Å². The van der Waals surface area contributed by atoms with Crippen molar-refractivity contribution < 1.29 is 19.8 Å². The highest BCUT2D eigenvalue weighted by Gasteiger charge is 1.88. The number of hydrogen-bond donors (Lipinski definition) is 4. The summed E-state index contributed by atoms with van der Waals surface area (Å²) in [5.74, 6) is 2.59. The molecule has 6 heteroatoms. The number of nitrogen functional groups attached to an aromatic ring is 1. The standard InChI is InChI=1S/C6H8N2.C4H4O4/c7-8-6-4-2-1-3-5-6;5-3(6)1-2-4(7)8/h1-5,8H,7H2;1-2H,(H,5,6)(H,7,8). The molecule has 0 saturated carbocycles. The fourth-order valence-electron chi connectivity index (χ4n) is 0.677. The molecule has 0 fully saturated rings. The number of hydrogen-bond acceptors (Lipinski definition) is 4. The van der Waals surface area contributed by atoms with Gasteiger partial charge in [-0.05, 0) is 12.1 Å². The first-order valence-electron chi connectivity index (χ1n) is 4.22. The average Bonchev–Trinajstić information content (AvgIpc) is 2.28. The number of para-hydroxylation sites is 1. The lowest BCUT2D eigenvalue weighted by Crippen LogP contribution is -2.05. The van der Waals surface area contributed by atoms with Crippen LogP contribution in [0.3, 0.4) is 0 Å². The third-order valence-electron chi connectivity index (χ3n) is 1.31. The number of nitrogens with two attached hydrogens (primary N) is 1. The largest absolute Gasteiger partial charge is 0.478 e. The topological polar surface area (TPSA) is 113 Å². The molecule has 0 aliphatic heterocycles. The van der Waals surface area contributed by atoms with E-state index >= 15 is 0 Å². The van der Waals surface area contributed by atoms with Gasteiger partial charge in [0.05, 0.1) is 0 Å². The number of rotatable bonds is 3. The minimum atomic E-state index is -1.26. The number of carboxylic acids is 2. The Bertz CT molecular complexity index is 346. The van der Waals surface area contributed by atoms with Crippen molar-refractivity contribution in [3.8, 4) is 0 Å². The molecule has 0 unspecified atom stereocenters. The summed E-state index contributed by atoms with van der Waals surface area (Å²) in [7, 11) is 0. The third kappa shape index (κ3) is 8.27. The van der Waals surface area contributed by atoms with E-state index in [2.05, 4.69) is 5.43 Å². The van der Waals surface area contributed by atoms with Crippen LogP contribution in [0.5, 0.6) is 0 Å². The number of nitrogens with one attached hydrogen (secondary N) is 1. The van der Waals surface area contributed by atoms with Crippen LogP contribution in [-0.4, -0.2) is 22.2 Å². The van der Waals surface area contributed by atoms with E-state index in [9.17, 15) is 9.59 Å². The summed E-state index contributed by atoms with van der Waals surface area (Å²) in [6.07, 6.45) is 1.12. The van der Waals surface area contributed by atoms with Crippen LogP contribution in [0.25, 0.3) is 0 Å². The van der Waals surface area contributed by atoms with Gasteiger partial charge in [-0.2, -0.15) is 0 Å². The zero-order chi connectivity index (χ0) is 12.4. The minimum absolute atomic E-state index is 0.558. The first-order chi connectivity index (χ1) is 7.56. The van der Waals surface area contributed by atoms with Gasteiger partial charge in [-0.25, -0.2) is 9.59 Å². The average molecular weight is 224 g/mol. The van der Waals surface area contributed by atoms with Crippen LogP contribution in [0.4, 0.5) is 5.69 Å². The van der Waals surface area contributed by atoms with Crippen molar-refractivity contribution in [1.29, 1.82) is 0 Å². The monoisotopic (exact) mass is 224 g/mol. The second kappa shape index (κ2) is 8.01. The zero-order valence-electron chi connectivity index (χ0n) is 8.33. The van der Waals surface area contributed by atoms with Crippen LogP contribution in [0.15, 0.2) is 42.5 Å². The van der Waals surface area contributed by atoms with Gasteiger partial charge in [0, 0.05) is 17.8 Å². The Kier molecular flexibility index (Phi) is 6.84. The van der Waals surface area contributed by atoms with Crippen LogP contribution >= 0.6 is 0 Å². The Balaban J connectivity index is 0.000000281. The molecule has 6 nitrogen and oxygen atoms in total. The molecule has 0 amide bonds. The molecule has 0 saturated heterocycles. The van der Waals surface area contributed by atoms with Gasteiger partial charge in [0.1, 0.15) is 0 Å². The summed E-state index contributed by atoms with van der Waals surface area (Å²) in [6.45, 7) is 0. The number of carboxylic acid groups (broad SMARTS) is 2. The molecule has 1 rings (SSSR count). The van der Waals surface area contributed by atoms with Crippen molar-refractivity contribution >= 4 is 17.6 Å². The zero-order valence-corrected chi connectivity index (χ0v) is 8.33. The minimum Gasteiger partial charge on any atom is -0.478 e. The first-order valence-corrected chi connectivity index (χ1v) is 4.22. The van der Waals surface area contributed by atoms with Gasteiger partial charge in [0.25, 0.3) is 0 Å². The molecule has 1 aromatic carbocycles. The Morgan fingerprint density at radius 2 is 1.50 bits per heavy atom. The van der Waals surface area contributed by atoms with E-state index in [1.165, 1.54) is 0 Å². The fraction of sp³-hybridized carbons (Fsp3) is 0. The fourth-order valence-corrected chi connectivity index (χ4v) is 0.677. The van der Waals surface area contributed by atoms with Gasteiger partial charge in [0.15, 0.2) is 0 Å². The maximum absolute atomic E-state index is 9.55. The molecular weight excluding hydrogens is 212 g/mol. The number of aliphatic carboxylic acids is 2. The summed E-state index contributed by atoms with van der Waals surface area (Å²) < 4.78 is 0. The molecule has 0 aliphatic carbocycles. The maximum atomic E-state index is 9.55. The third-order valence-corrected chi connectivity index (χ3v) is 1.31. The molecule has 16 heavy (non-hydrogen) atoms. The van der Waals surface area contributed by atoms with Crippen molar-refractivity contribution in [3.05, 3.63) is 42.5 Å². The molecule has 0 bridgehead atoms. The van der Waals surface area contributed by atoms with Gasteiger partial charge in [0.2, 0.25) is 0 Å². The predicted molar refractivity (Wildman–Crippen MR) is 58.7 cm³/mol. The summed E-state index contributed by atoms with van der Waals surface area (Å²) in [5, 5.41) is 15.6. The van der Waals surface area contributed by atoms with Gasteiger partial charge in [-0.3, -0.25) is 5.84 Å². The van der Waals surface area contributed by atoms with Crippen LogP contribution < -0.4 is 11.3 Å². The highest BCUT2D eigenvalue weighted by atomic mass is 16.4. The highest BCUT2D eigenvalue weighted by molar-refractivity contribution is 5.89. The van der Waals surface area contributed by atoms with Crippen molar-refractivity contribution in [2.75, 3.05) is 5.43 Å². The Morgan fingerprint density at radius 1 is 1.06 bits per heavy atom. The van der Waals surface area contributed by atoms with Gasteiger partial charge in [-0.1, -0.05) is 18.2 Å². The van der Waals surface area contributed by atoms with Crippen molar-refractivity contribution in [2.45, 2.75) is 0 Å². The summed E-state index contributed by atoms with van der Waals surface area (Å²) in [4.78, 5) is 19.1. The Morgan fingerprint density at radius 3 is 1.75 bits per heavy atom. The molecule has 0 aliphatic rings. The SMILES string of the molecule is NNc1ccccc1.O=C(O)C=CC(=O)O. The van der Waals surface area contributed by atoms with E-state index in [1.54, 1.807) is 0 Å². The first kappa shape index (κ1) is 13.7. The predicted octanol–water partition coefficient (Wildman–Crippen LogP) is 0.684. The lowest BCUT2D eigenvalue weighted by Gasteiger charge is -1.94. The summed E-state index contributed by atoms with van der Waals surface area (Å²) in [6, 6.07) is 9.60. The van der Waals surface area contributed by atoms with E-state index in [1.807, 2.05) is 30.3 Å². The van der Waals surface area contributed by atoms with Crippen LogP contribution in [0.2, 0.25) is 0 Å². The second-order valence-corrected chi connectivity index (χ2v) is 2.52. The van der Waals surface area contributed by atoms with Gasteiger partial charge in [-0.15, -0.1) is 0 Å². The quantitative estimate of drug-likeness (QED) is 0.341. The van der Waals surface area contributed by atoms with E-state index in [0.717, 1.165) is 5.69 Å². The Labute approximate surface area is 92.0 Å². The summed E-state index contributed by atoms with van der Waals surface area (Å²) in [5.41, 5.74) is 3.46. The molecule has 0 aromatic heterocycles. The Hall–Kier alpha value is -2.34. The lowest BCUT2D eigenvalue weighted by atomic mass is 10.3. The molecule has 5 N–H and O–H groups in total. The molecule has 1 aromatic rings. The molecular formula is C10H12N2O4. The summed E-state index contributed by atoms with van der Waals surface area (Å²) >= 11 is 0. The van der Waals surface area contributed by atoms with Crippen molar-refractivity contribution in [2.24, 2.45) is 5.84 Å². The molecule has 0 radical (unpaired) electrons. The molecule has 0 heterocycles. The van der Waals surface area contributed by atoms with Crippen molar-refractivity contribution in [1.82, 2.24) is 0 Å². The van der Waals surface area contributed by atoms with E-state index in [0.29, 0.717) is 12.2 Å². The smallest absolute Gasteiger partial charge is 0.328 e. The second-order valence-electron chi connectivity index (χ2n) is 2.52. The molecule has 86 valence electrons. The number of anilines is 1. The molecule has 0 spiro atoms. The van der Waals surface area contributed by atoms with Crippen LogP contribution in [-0.2, 0) is 9.59 Å². The van der Waals surface area contributed by atoms with E-state index in [-0.39, 0.29) is 0 Å². The normalized spacial score (nSPS) is 9.06. The number of benzene rings is 1. The highest BCUT2D eigenvalue weighted by Crippen LogP contribution is 2.00. The molecule has 0 atom stereocenters. The lowest BCUT2D eigenvalue weighted by molar-refractivity contribution is -0.134. The van der Waals surface area contributed by atoms with Crippen molar-refractivity contribution in [3.63, 3.8) is 0 Å². The van der Waals surface area contributed by atoms with Gasteiger partial charge < -0.3 is 15.6 Å².